The van der Waals surface area contributed by atoms with Crippen molar-refractivity contribution in [3.63, 3.8) is 0 Å². The van der Waals surface area contributed by atoms with E-state index >= 15 is 0 Å². The molecule has 0 heterocycles. The molecule has 1 rings (SSSR count). The van der Waals surface area contributed by atoms with E-state index in [9.17, 15) is 9.59 Å². The molecule has 22 heavy (non-hydrogen) atoms. The zero-order valence-corrected chi connectivity index (χ0v) is 13.9. The number of nitrogens with one attached hydrogen (secondary N) is 2. The molecule has 0 aliphatic carbocycles. The molecule has 122 valence electrons. The molecule has 0 saturated carbocycles. The SMILES string of the molecule is CCCCCNC(=O)c1cccc(NC(=O)OC(C)(C)C)c1. The Hall–Kier alpha value is -2.04. The third-order valence-electron chi connectivity index (χ3n) is 2.84. The van der Waals surface area contributed by atoms with Crippen LogP contribution < -0.4 is 10.6 Å². The number of carbonyl (C=O) groups is 2. The lowest BCUT2D eigenvalue weighted by Crippen LogP contribution is -2.27. The average molecular weight is 306 g/mol. The Morgan fingerprint density at radius 2 is 1.91 bits per heavy atom. The Morgan fingerprint density at radius 1 is 1.18 bits per heavy atom. The third kappa shape index (κ3) is 7.11. The standard InChI is InChI=1S/C17H26N2O3/c1-5-6-7-11-18-15(20)13-9-8-10-14(12-13)19-16(21)22-17(2,3)4/h8-10,12H,5-7,11H2,1-4H3,(H,18,20)(H,19,21). The van der Waals surface area contributed by atoms with Crippen molar-refractivity contribution >= 4 is 17.7 Å². The first-order chi connectivity index (χ1) is 10.3. The van der Waals surface area contributed by atoms with Crippen LogP contribution in [0.4, 0.5) is 10.5 Å². The highest BCUT2D eigenvalue weighted by molar-refractivity contribution is 5.96. The van der Waals surface area contributed by atoms with Crippen molar-refractivity contribution in [2.24, 2.45) is 0 Å². The van der Waals surface area contributed by atoms with Gasteiger partial charge in [0.05, 0.1) is 0 Å². The largest absolute Gasteiger partial charge is 0.444 e. The van der Waals surface area contributed by atoms with Crippen LogP contribution in [0.15, 0.2) is 24.3 Å². The maximum Gasteiger partial charge on any atom is 0.412 e. The molecule has 0 saturated heterocycles. The molecule has 2 N–H and O–H groups in total. The summed E-state index contributed by atoms with van der Waals surface area (Å²) in [5.74, 6) is -0.135. The Bertz CT molecular complexity index is 507. The number of carbonyl (C=O) groups excluding carboxylic acids is 2. The van der Waals surface area contributed by atoms with E-state index < -0.39 is 11.7 Å². The molecule has 5 heteroatoms. The highest BCUT2D eigenvalue weighted by atomic mass is 16.6. The molecule has 0 aliphatic heterocycles. The minimum absolute atomic E-state index is 0.135. The van der Waals surface area contributed by atoms with Gasteiger partial charge in [0.15, 0.2) is 0 Å². The first-order valence-electron chi connectivity index (χ1n) is 7.70. The van der Waals surface area contributed by atoms with Crippen LogP contribution in [-0.4, -0.2) is 24.1 Å². The number of hydrogen-bond donors (Lipinski definition) is 2. The second-order valence-corrected chi connectivity index (χ2v) is 6.17. The van der Waals surface area contributed by atoms with Crippen LogP contribution in [0.5, 0.6) is 0 Å². The van der Waals surface area contributed by atoms with Crippen molar-refractivity contribution in [1.82, 2.24) is 5.32 Å². The van der Waals surface area contributed by atoms with E-state index in [0.29, 0.717) is 17.8 Å². The van der Waals surface area contributed by atoms with Crippen LogP contribution >= 0.6 is 0 Å². The molecule has 0 fully saturated rings. The summed E-state index contributed by atoms with van der Waals surface area (Å²) in [6, 6.07) is 6.81. The zero-order valence-electron chi connectivity index (χ0n) is 13.9. The predicted octanol–water partition coefficient (Wildman–Crippen LogP) is 3.95. The lowest BCUT2D eigenvalue weighted by Gasteiger charge is -2.19. The number of unbranched alkanes of at least 4 members (excludes halogenated alkanes) is 2. The van der Waals surface area contributed by atoms with Gasteiger partial charge >= 0.3 is 6.09 Å². The minimum atomic E-state index is -0.557. The molecule has 0 atom stereocenters. The van der Waals surface area contributed by atoms with Crippen LogP contribution in [0.2, 0.25) is 0 Å². The van der Waals surface area contributed by atoms with Gasteiger partial charge in [0, 0.05) is 17.8 Å². The fourth-order valence-electron chi connectivity index (χ4n) is 1.84. The first-order valence-corrected chi connectivity index (χ1v) is 7.70. The fourth-order valence-corrected chi connectivity index (χ4v) is 1.84. The molecule has 1 aromatic carbocycles. The minimum Gasteiger partial charge on any atom is -0.444 e. The van der Waals surface area contributed by atoms with Gasteiger partial charge in [0.25, 0.3) is 5.91 Å². The van der Waals surface area contributed by atoms with Crippen LogP contribution in [0, 0.1) is 0 Å². The fraction of sp³-hybridized carbons (Fsp3) is 0.529. The van der Waals surface area contributed by atoms with E-state index in [-0.39, 0.29) is 5.91 Å². The van der Waals surface area contributed by atoms with E-state index in [1.54, 1.807) is 45.0 Å². The molecule has 0 spiro atoms. The summed E-state index contributed by atoms with van der Waals surface area (Å²) in [6.45, 7) is 8.18. The van der Waals surface area contributed by atoms with Crippen molar-refractivity contribution in [2.75, 3.05) is 11.9 Å². The highest BCUT2D eigenvalue weighted by Gasteiger charge is 2.16. The van der Waals surface area contributed by atoms with E-state index in [1.165, 1.54) is 0 Å². The molecule has 1 aromatic rings. The lowest BCUT2D eigenvalue weighted by atomic mass is 10.2. The van der Waals surface area contributed by atoms with E-state index in [2.05, 4.69) is 17.6 Å². The number of benzene rings is 1. The van der Waals surface area contributed by atoms with Gasteiger partial charge in [-0.3, -0.25) is 10.1 Å². The van der Waals surface area contributed by atoms with E-state index in [0.717, 1.165) is 19.3 Å². The lowest BCUT2D eigenvalue weighted by molar-refractivity contribution is 0.0635. The van der Waals surface area contributed by atoms with Gasteiger partial charge in [0.2, 0.25) is 0 Å². The van der Waals surface area contributed by atoms with Crippen LogP contribution in [0.25, 0.3) is 0 Å². The molecular weight excluding hydrogens is 280 g/mol. The van der Waals surface area contributed by atoms with Gasteiger partial charge in [-0.1, -0.05) is 25.8 Å². The van der Waals surface area contributed by atoms with Crippen molar-refractivity contribution in [2.45, 2.75) is 52.6 Å². The Kier molecular flexibility index (Phi) is 6.89. The molecule has 0 unspecified atom stereocenters. The smallest absolute Gasteiger partial charge is 0.412 e. The van der Waals surface area contributed by atoms with Crippen molar-refractivity contribution in [3.05, 3.63) is 29.8 Å². The summed E-state index contributed by atoms with van der Waals surface area (Å²) in [5.41, 5.74) is 0.499. The number of rotatable bonds is 6. The van der Waals surface area contributed by atoms with Crippen molar-refractivity contribution in [1.29, 1.82) is 0 Å². The number of hydrogen-bond acceptors (Lipinski definition) is 3. The van der Waals surface area contributed by atoms with Crippen LogP contribution in [0.3, 0.4) is 0 Å². The monoisotopic (exact) mass is 306 g/mol. The summed E-state index contributed by atoms with van der Waals surface area (Å²) in [7, 11) is 0. The summed E-state index contributed by atoms with van der Waals surface area (Å²) in [5, 5.41) is 5.50. The van der Waals surface area contributed by atoms with Crippen molar-refractivity contribution < 1.29 is 14.3 Å². The van der Waals surface area contributed by atoms with Gasteiger partial charge in [-0.25, -0.2) is 4.79 Å². The van der Waals surface area contributed by atoms with Crippen molar-refractivity contribution in [3.8, 4) is 0 Å². The summed E-state index contributed by atoms with van der Waals surface area (Å²) < 4.78 is 5.18. The number of amides is 2. The van der Waals surface area contributed by atoms with Gasteiger partial charge in [-0.2, -0.15) is 0 Å². The first kappa shape index (κ1) is 18.0. The number of anilines is 1. The summed E-state index contributed by atoms with van der Waals surface area (Å²) >= 11 is 0. The average Bonchev–Trinajstić information content (AvgIpc) is 2.41. The molecule has 5 nitrogen and oxygen atoms in total. The zero-order chi connectivity index (χ0) is 16.6. The maximum absolute atomic E-state index is 12.0. The van der Waals surface area contributed by atoms with Gasteiger partial charge in [0.1, 0.15) is 5.60 Å². The quantitative estimate of drug-likeness (QED) is 0.782. The second kappa shape index (κ2) is 8.41. The van der Waals surface area contributed by atoms with E-state index in [4.69, 9.17) is 4.74 Å². The number of ether oxygens (including phenoxy) is 1. The second-order valence-electron chi connectivity index (χ2n) is 6.17. The van der Waals surface area contributed by atoms with Gasteiger partial charge < -0.3 is 10.1 Å². The predicted molar refractivity (Wildman–Crippen MR) is 88.2 cm³/mol. The third-order valence-corrected chi connectivity index (χ3v) is 2.84. The van der Waals surface area contributed by atoms with Gasteiger partial charge in [-0.05, 0) is 45.4 Å². The topological polar surface area (TPSA) is 67.4 Å². The Balaban J connectivity index is 2.58. The molecule has 0 aliphatic rings. The molecule has 0 radical (unpaired) electrons. The Labute approximate surface area is 132 Å². The van der Waals surface area contributed by atoms with E-state index in [1.807, 2.05) is 0 Å². The normalized spacial score (nSPS) is 10.9. The van der Waals surface area contributed by atoms with Crippen LogP contribution in [0.1, 0.15) is 57.3 Å². The summed E-state index contributed by atoms with van der Waals surface area (Å²) in [4.78, 5) is 23.7. The highest BCUT2D eigenvalue weighted by Crippen LogP contribution is 2.13. The van der Waals surface area contributed by atoms with Gasteiger partial charge in [-0.15, -0.1) is 0 Å². The molecule has 0 bridgehead atoms. The molecule has 2 amide bonds. The van der Waals surface area contributed by atoms with Crippen LogP contribution in [-0.2, 0) is 4.74 Å². The molecule has 0 aromatic heterocycles. The summed E-state index contributed by atoms with van der Waals surface area (Å²) in [6.07, 6.45) is 2.65. The molecular formula is C17H26N2O3. The maximum atomic E-state index is 12.0. The Morgan fingerprint density at radius 3 is 2.55 bits per heavy atom.